The second kappa shape index (κ2) is 6.05. The molecule has 3 N–H and O–H groups in total. The van der Waals surface area contributed by atoms with E-state index in [2.05, 4.69) is 22.1 Å². The highest BCUT2D eigenvalue weighted by molar-refractivity contribution is 5.65. The number of likely N-dealkylation sites (tertiary alicyclic amines) is 1. The van der Waals surface area contributed by atoms with Crippen LogP contribution in [0.2, 0.25) is 0 Å². The maximum Gasteiger partial charge on any atom is 0.149 e. The van der Waals surface area contributed by atoms with Crippen LogP contribution in [0, 0.1) is 6.92 Å². The van der Waals surface area contributed by atoms with Crippen LogP contribution in [0.25, 0.3) is 0 Å². The Hall–Kier alpha value is -1.29. The molecule has 0 bridgehead atoms. The Kier molecular flexibility index (Phi) is 4.42. The van der Waals surface area contributed by atoms with Gasteiger partial charge in [-0.2, -0.15) is 0 Å². The smallest absolute Gasteiger partial charge is 0.149 e. The lowest BCUT2D eigenvalue weighted by molar-refractivity contribution is 0.219. The third-order valence-electron chi connectivity index (χ3n) is 3.68. The Morgan fingerprint density at radius 2 is 2.17 bits per heavy atom. The van der Waals surface area contributed by atoms with E-state index in [1.807, 2.05) is 19.2 Å². The fraction of sp³-hybridized carbons (Fsp3) is 0.643. The molecule has 1 aliphatic heterocycles. The number of hydrogen-bond acceptors (Lipinski definition) is 4. The highest BCUT2D eigenvalue weighted by Gasteiger charge is 2.19. The van der Waals surface area contributed by atoms with Gasteiger partial charge in [0, 0.05) is 25.3 Å². The molecule has 2 heterocycles. The molecule has 0 amide bonds. The normalized spacial score (nSPS) is 17.9. The van der Waals surface area contributed by atoms with Crippen LogP contribution in [-0.2, 0) is 0 Å². The van der Waals surface area contributed by atoms with Crippen molar-refractivity contribution < 1.29 is 0 Å². The van der Waals surface area contributed by atoms with E-state index < -0.39 is 0 Å². The predicted octanol–water partition coefficient (Wildman–Crippen LogP) is 2.26. The van der Waals surface area contributed by atoms with Crippen LogP contribution in [0.5, 0.6) is 0 Å². The average Bonchev–Trinajstić information content (AvgIpc) is 2.38. The van der Waals surface area contributed by atoms with E-state index in [-0.39, 0.29) is 0 Å². The largest absolute Gasteiger partial charge is 0.396 e. The second-order valence-corrected chi connectivity index (χ2v) is 5.15. The maximum atomic E-state index is 6.04. The fourth-order valence-corrected chi connectivity index (χ4v) is 2.50. The molecule has 1 saturated heterocycles. The van der Waals surface area contributed by atoms with Crippen molar-refractivity contribution in [2.75, 3.05) is 30.7 Å². The van der Waals surface area contributed by atoms with E-state index in [1.54, 1.807) is 0 Å². The van der Waals surface area contributed by atoms with Crippen LogP contribution in [0.3, 0.4) is 0 Å². The van der Waals surface area contributed by atoms with E-state index in [0.29, 0.717) is 6.04 Å². The fourth-order valence-electron chi connectivity index (χ4n) is 2.50. The van der Waals surface area contributed by atoms with E-state index in [9.17, 15) is 0 Å². The van der Waals surface area contributed by atoms with Gasteiger partial charge in [-0.3, -0.25) is 0 Å². The first-order valence-corrected chi connectivity index (χ1v) is 6.90. The molecule has 2 rings (SSSR count). The van der Waals surface area contributed by atoms with Gasteiger partial charge in [-0.05, 0) is 44.4 Å². The number of aryl methyl sites for hydroxylation is 1. The third kappa shape index (κ3) is 3.13. The first-order valence-electron chi connectivity index (χ1n) is 6.90. The molecule has 18 heavy (non-hydrogen) atoms. The highest BCUT2D eigenvalue weighted by atomic mass is 15.1. The zero-order valence-corrected chi connectivity index (χ0v) is 11.4. The molecule has 0 aromatic carbocycles. The van der Waals surface area contributed by atoms with Crippen molar-refractivity contribution in [1.29, 1.82) is 0 Å². The monoisotopic (exact) mass is 248 g/mol. The van der Waals surface area contributed by atoms with Gasteiger partial charge in [0.2, 0.25) is 0 Å². The highest BCUT2D eigenvalue weighted by Crippen LogP contribution is 2.22. The first kappa shape index (κ1) is 13.1. The molecule has 0 atom stereocenters. The van der Waals surface area contributed by atoms with Crippen LogP contribution in [0.4, 0.5) is 11.5 Å². The summed E-state index contributed by atoms with van der Waals surface area (Å²) in [7, 11) is 0. The van der Waals surface area contributed by atoms with Crippen molar-refractivity contribution >= 4 is 11.5 Å². The quantitative estimate of drug-likeness (QED) is 0.858. The molecular formula is C14H24N4. The average molecular weight is 248 g/mol. The Morgan fingerprint density at radius 3 is 2.83 bits per heavy atom. The Morgan fingerprint density at radius 1 is 1.44 bits per heavy atom. The van der Waals surface area contributed by atoms with Crippen molar-refractivity contribution in [3.63, 3.8) is 0 Å². The van der Waals surface area contributed by atoms with Gasteiger partial charge in [0.25, 0.3) is 0 Å². The molecule has 0 spiro atoms. The lowest BCUT2D eigenvalue weighted by Gasteiger charge is -2.32. The predicted molar refractivity (Wildman–Crippen MR) is 76.8 cm³/mol. The van der Waals surface area contributed by atoms with E-state index in [4.69, 9.17) is 5.73 Å². The van der Waals surface area contributed by atoms with Gasteiger partial charge in [-0.25, -0.2) is 4.98 Å². The van der Waals surface area contributed by atoms with Crippen molar-refractivity contribution in [2.45, 2.75) is 39.2 Å². The van der Waals surface area contributed by atoms with E-state index >= 15 is 0 Å². The number of nitrogen functional groups attached to an aromatic ring is 1. The number of piperidine rings is 1. The minimum Gasteiger partial charge on any atom is -0.396 e. The minimum atomic E-state index is 0.509. The van der Waals surface area contributed by atoms with Gasteiger partial charge in [0.05, 0.1) is 5.69 Å². The minimum absolute atomic E-state index is 0.509. The lowest BCUT2D eigenvalue weighted by Crippen LogP contribution is -2.39. The van der Waals surface area contributed by atoms with Crippen molar-refractivity contribution in [3.8, 4) is 0 Å². The number of anilines is 2. The molecule has 1 aliphatic rings. The van der Waals surface area contributed by atoms with Gasteiger partial charge < -0.3 is 16.0 Å². The van der Waals surface area contributed by atoms with Crippen LogP contribution in [-0.4, -0.2) is 35.6 Å². The molecule has 100 valence electrons. The zero-order valence-electron chi connectivity index (χ0n) is 11.4. The Bertz CT molecular complexity index is 383. The van der Waals surface area contributed by atoms with Crippen molar-refractivity contribution in [1.82, 2.24) is 9.88 Å². The number of aromatic nitrogens is 1. The first-order chi connectivity index (χ1) is 8.70. The summed E-state index contributed by atoms with van der Waals surface area (Å²) in [5.41, 5.74) is 7.92. The summed E-state index contributed by atoms with van der Waals surface area (Å²) in [6.45, 7) is 7.83. The van der Waals surface area contributed by atoms with Gasteiger partial charge in [0.15, 0.2) is 0 Å². The summed E-state index contributed by atoms with van der Waals surface area (Å²) >= 11 is 0. The lowest BCUT2D eigenvalue weighted by atomic mass is 10.0. The summed E-state index contributed by atoms with van der Waals surface area (Å²) in [4.78, 5) is 6.87. The van der Waals surface area contributed by atoms with Gasteiger partial charge in [0.1, 0.15) is 5.82 Å². The van der Waals surface area contributed by atoms with Crippen molar-refractivity contribution in [2.24, 2.45) is 0 Å². The molecule has 0 radical (unpaired) electrons. The van der Waals surface area contributed by atoms with Gasteiger partial charge >= 0.3 is 0 Å². The Labute approximate surface area is 110 Å². The molecule has 0 saturated carbocycles. The second-order valence-electron chi connectivity index (χ2n) is 5.15. The molecule has 1 aromatic rings. The molecule has 4 heteroatoms. The zero-order chi connectivity index (χ0) is 13.0. The van der Waals surface area contributed by atoms with Crippen LogP contribution < -0.4 is 11.1 Å². The van der Waals surface area contributed by atoms with E-state index in [0.717, 1.165) is 17.1 Å². The third-order valence-corrected chi connectivity index (χ3v) is 3.68. The van der Waals surface area contributed by atoms with Crippen LogP contribution >= 0.6 is 0 Å². The summed E-state index contributed by atoms with van der Waals surface area (Å²) in [6.07, 6.45) is 5.41. The van der Waals surface area contributed by atoms with Gasteiger partial charge in [-0.15, -0.1) is 0 Å². The molecule has 1 fully saturated rings. The van der Waals surface area contributed by atoms with Crippen molar-refractivity contribution in [3.05, 3.63) is 17.8 Å². The number of nitrogens with zero attached hydrogens (tertiary/aromatic N) is 2. The maximum absolute atomic E-state index is 6.04. The van der Waals surface area contributed by atoms with Crippen LogP contribution in [0.15, 0.2) is 12.3 Å². The summed E-state index contributed by atoms with van der Waals surface area (Å²) in [6, 6.07) is 2.46. The molecular weight excluding hydrogens is 224 g/mol. The molecule has 0 unspecified atom stereocenters. The van der Waals surface area contributed by atoms with Crippen LogP contribution in [0.1, 0.15) is 31.7 Å². The molecule has 0 aliphatic carbocycles. The van der Waals surface area contributed by atoms with Gasteiger partial charge in [-0.1, -0.05) is 6.92 Å². The number of nitrogens with two attached hydrogens (primary N) is 1. The Balaban J connectivity index is 1.90. The molecule has 4 nitrogen and oxygen atoms in total. The number of rotatable bonds is 4. The summed E-state index contributed by atoms with van der Waals surface area (Å²) < 4.78 is 0. The number of nitrogens with one attached hydrogen (secondary N) is 1. The number of hydrogen-bond donors (Lipinski definition) is 2. The summed E-state index contributed by atoms with van der Waals surface area (Å²) in [5.74, 6) is 0.851. The molecule has 1 aromatic heterocycles. The van der Waals surface area contributed by atoms with E-state index in [1.165, 1.54) is 38.9 Å². The standard InChI is InChI=1S/C14H24N4/c1-3-8-18-9-5-12(6-10-18)17-14-13(15)11(2)4-7-16-14/h4,7,12H,3,5-6,8-10,15H2,1-2H3,(H,16,17). The topological polar surface area (TPSA) is 54.2 Å². The SMILES string of the molecule is CCCN1CCC(Nc2nccc(C)c2N)CC1. The summed E-state index contributed by atoms with van der Waals surface area (Å²) in [5, 5.41) is 3.49. The number of pyridine rings is 1.